The van der Waals surface area contributed by atoms with Crippen molar-refractivity contribution in [1.82, 2.24) is 14.3 Å². The van der Waals surface area contributed by atoms with E-state index in [1.54, 1.807) is 18.2 Å². The van der Waals surface area contributed by atoms with Gasteiger partial charge in [-0.1, -0.05) is 29.8 Å². The fraction of sp³-hybridized carbons (Fsp3) is 0. The van der Waals surface area contributed by atoms with Crippen LogP contribution in [0.3, 0.4) is 0 Å². The van der Waals surface area contributed by atoms with Gasteiger partial charge in [-0.05, 0) is 30.3 Å². The third kappa shape index (κ3) is 3.86. The van der Waals surface area contributed by atoms with Crippen LogP contribution in [0.2, 0.25) is 5.02 Å². The van der Waals surface area contributed by atoms with Crippen LogP contribution in [0.4, 0.5) is 4.39 Å². The van der Waals surface area contributed by atoms with Crippen LogP contribution in [0.1, 0.15) is 10.5 Å². The van der Waals surface area contributed by atoms with E-state index >= 15 is 0 Å². The highest BCUT2D eigenvalue weighted by Gasteiger charge is 2.20. The number of aromatic nitrogens is 2. The molecule has 3 aromatic rings. The van der Waals surface area contributed by atoms with Gasteiger partial charge in [0.2, 0.25) is 0 Å². The molecule has 0 saturated heterocycles. The van der Waals surface area contributed by atoms with Crippen molar-refractivity contribution >= 4 is 27.5 Å². The number of carbonyl (C=O) groups excluding carboxylic acids is 1. The second-order valence-corrected chi connectivity index (χ2v) is 7.16. The molecule has 2 aromatic carbocycles. The fourth-order valence-electron chi connectivity index (χ4n) is 2.10. The first-order valence-corrected chi connectivity index (χ1v) is 8.84. The highest BCUT2D eigenvalue weighted by Crippen LogP contribution is 2.18. The number of rotatable bonds is 4. The lowest BCUT2D eigenvalue weighted by Gasteiger charge is -2.05. The van der Waals surface area contributed by atoms with E-state index in [2.05, 4.69) is 4.98 Å². The molecular formula is C16H11ClFN3O3S. The average Bonchev–Trinajstić information content (AvgIpc) is 3.04. The number of imidazole rings is 1. The lowest BCUT2D eigenvalue weighted by atomic mass is 10.3. The van der Waals surface area contributed by atoms with Crippen molar-refractivity contribution in [1.29, 1.82) is 0 Å². The molecule has 0 fully saturated rings. The van der Waals surface area contributed by atoms with Crippen LogP contribution in [-0.2, 0) is 10.0 Å². The fourth-order valence-corrected chi connectivity index (χ4v) is 3.30. The summed E-state index contributed by atoms with van der Waals surface area (Å²) in [5.41, 5.74) is 0.211. The molecule has 0 aliphatic rings. The Bertz CT molecular complexity index is 1020. The number of amides is 1. The molecule has 1 aromatic heterocycles. The summed E-state index contributed by atoms with van der Waals surface area (Å²) in [7, 11) is -4.01. The zero-order valence-electron chi connectivity index (χ0n) is 12.6. The molecule has 0 unspecified atom stereocenters. The number of benzene rings is 2. The van der Waals surface area contributed by atoms with E-state index in [1.165, 1.54) is 41.4 Å². The van der Waals surface area contributed by atoms with Crippen molar-refractivity contribution in [3.63, 3.8) is 0 Å². The molecular weight excluding hydrogens is 369 g/mol. The maximum Gasteiger partial charge on any atom is 0.285 e. The van der Waals surface area contributed by atoms with Crippen LogP contribution in [0, 0.1) is 5.82 Å². The van der Waals surface area contributed by atoms with Crippen LogP contribution in [0.25, 0.3) is 5.69 Å². The van der Waals surface area contributed by atoms with E-state index in [0.29, 0.717) is 5.69 Å². The van der Waals surface area contributed by atoms with Crippen LogP contribution in [-0.4, -0.2) is 23.9 Å². The number of halogens is 2. The summed E-state index contributed by atoms with van der Waals surface area (Å²) in [5.74, 6) is -1.45. The Kier molecular flexibility index (Phi) is 4.56. The molecule has 0 radical (unpaired) electrons. The normalized spacial score (nSPS) is 11.3. The van der Waals surface area contributed by atoms with Crippen molar-refractivity contribution in [3.05, 3.63) is 77.6 Å². The van der Waals surface area contributed by atoms with Crippen LogP contribution >= 0.6 is 11.6 Å². The van der Waals surface area contributed by atoms with Crippen molar-refractivity contribution < 1.29 is 17.6 Å². The number of carbonyl (C=O) groups is 1. The zero-order valence-corrected chi connectivity index (χ0v) is 14.1. The first kappa shape index (κ1) is 17.1. The molecule has 0 bridgehead atoms. The van der Waals surface area contributed by atoms with Gasteiger partial charge < -0.3 is 4.57 Å². The van der Waals surface area contributed by atoms with Gasteiger partial charge in [-0.2, -0.15) is 0 Å². The quantitative estimate of drug-likeness (QED) is 0.755. The molecule has 1 N–H and O–H groups in total. The highest BCUT2D eigenvalue weighted by atomic mass is 35.5. The molecule has 0 aliphatic heterocycles. The molecule has 3 rings (SSSR count). The Morgan fingerprint density at radius 3 is 2.56 bits per heavy atom. The summed E-state index contributed by atoms with van der Waals surface area (Å²) in [6, 6.07) is 11.3. The lowest BCUT2D eigenvalue weighted by molar-refractivity contribution is 0.0977. The zero-order chi connectivity index (χ0) is 18.0. The maximum atomic E-state index is 13.4. The molecule has 0 saturated carbocycles. The summed E-state index contributed by atoms with van der Waals surface area (Å²) in [5, 5.41) is 0.182. The maximum absolute atomic E-state index is 13.4. The van der Waals surface area contributed by atoms with E-state index in [4.69, 9.17) is 11.6 Å². The van der Waals surface area contributed by atoms with Crippen molar-refractivity contribution in [2.45, 2.75) is 4.90 Å². The minimum atomic E-state index is -4.01. The first-order valence-electron chi connectivity index (χ1n) is 6.98. The van der Waals surface area contributed by atoms with Gasteiger partial charge in [-0.3, -0.25) is 4.79 Å². The lowest BCUT2D eigenvalue weighted by Crippen LogP contribution is -2.30. The van der Waals surface area contributed by atoms with Gasteiger partial charge in [0, 0.05) is 11.2 Å². The molecule has 0 atom stereocenters. The van der Waals surface area contributed by atoms with Gasteiger partial charge in [0.1, 0.15) is 17.8 Å². The summed E-state index contributed by atoms with van der Waals surface area (Å²) in [4.78, 5) is 16.0. The van der Waals surface area contributed by atoms with E-state index in [9.17, 15) is 17.6 Å². The second-order valence-electron chi connectivity index (χ2n) is 5.04. The first-order chi connectivity index (χ1) is 11.8. The Morgan fingerprint density at radius 2 is 1.88 bits per heavy atom. The van der Waals surface area contributed by atoms with E-state index < -0.39 is 21.7 Å². The Morgan fingerprint density at radius 1 is 1.16 bits per heavy atom. The van der Waals surface area contributed by atoms with Crippen molar-refractivity contribution in [3.8, 4) is 5.69 Å². The minimum Gasteiger partial charge on any atom is -0.305 e. The van der Waals surface area contributed by atoms with Gasteiger partial charge >= 0.3 is 0 Å². The summed E-state index contributed by atoms with van der Waals surface area (Å²) >= 11 is 5.79. The molecule has 0 aliphatic carbocycles. The number of hydrogen-bond donors (Lipinski definition) is 1. The van der Waals surface area contributed by atoms with Gasteiger partial charge in [0.15, 0.2) is 0 Å². The number of sulfonamides is 1. The van der Waals surface area contributed by atoms with Gasteiger partial charge in [-0.25, -0.2) is 22.5 Å². The third-order valence-electron chi connectivity index (χ3n) is 3.24. The summed E-state index contributed by atoms with van der Waals surface area (Å²) < 4.78 is 41.0. The monoisotopic (exact) mass is 379 g/mol. The SMILES string of the molecule is O=C(NS(=O)(=O)c1ccccc1)c1cn(-c2cc(F)cc(Cl)c2)cn1. The number of nitrogens with one attached hydrogen (secondary N) is 1. The number of hydrogen-bond acceptors (Lipinski definition) is 4. The largest absolute Gasteiger partial charge is 0.305 e. The van der Waals surface area contributed by atoms with Crippen LogP contribution in [0.5, 0.6) is 0 Å². The smallest absolute Gasteiger partial charge is 0.285 e. The van der Waals surface area contributed by atoms with E-state index in [0.717, 1.165) is 6.07 Å². The number of nitrogens with zero attached hydrogens (tertiary/aromatic N) is 2. The molecule has 128 valence electrons. The Balaban J connectivity index is 1.84. The molecule has 1 amide bonds. The molecule has 6 nitrogen and oxygen atoms in total. The van der Waals surface area contributed by atoms with E-state index in [1.807, 2.05) is 4.72 Å². The molecule has 9 heteroatoms. The predicted molar refractivity (Wildman–Crippen MR) is 89.6 cm³/mol. The second kappa shape index (κ2) is 6.66. The van der Waals surface area contributed by atoms with Crippen molar-refractivity contribution in [2.24, 2.45) is 0 Å². The van der Waals surface area contributed by atoms with Crippen LogP contribution in [0.15, 0.2) is 66.0 Å². The third-order valence-corrected chi connectivity index (χ3v) is 4.81. The predicted octanol–water partition coefficient (Wildman–Crippen LogP) is 2.78. The standard InChI is InChI=1S/C16H11ClFN3O3S/c17-11-6-12(18)8-13(7-11)21-9-15(19-10-21)16(22)20-25(23,24)14-4-2-1-3-5-14/h1-10H,(H,20,22). The Labute approximate surface area is 147 Å². The molecule has 0 spiro atoms. The highest BCUT2D eigenvalue weighted by molar-refractivity contribution is 7.90. The summed E-state index contributed by atoms with van der Waals surface area (Å²) in [6.07, 6.45) is 2.54. The summed E-state index contributed by atoms with van der Waals surface area (Å²) in [6.45, 7) is 0. The average molecular weight is 380 g/mol. The Hall–Kier alpha value is -2.71. The van der Waals surface area contributed by atoms with Gasteiger partial charge in [-0.15, -0.1) is 0 Å². The molecule has 25 heavy (non-hydrogen) atoms. The van der Waals surface area contributed by atoms with Gasteiger partial charge in [0.05, 0.1) is 10.6 Å². The van der Waals surface area contributed by atoms with Crippen molar-refractivity contribution in [2.75, 3.05) is 0 Å². The van der Waals surface area contributed by atoms with E-state index in [-0.39, 0.29) is 15.6 Å². The molecule has 1 heterocycles. The van der Waals surface area contributed by atoms with Crippen LogP contribution < -0.4 is 4.72 Å². The van der Waals surface area contributed by atoms with Gasteiger partial charge in [0.25, 0.3) is 15.9 Å². The minimum absolute atomic E-state index is 0.0419. The topological polar surface area (TPSA) is 81.1 Å².